The van der Waals surface area contributed by atoms with Crippen LogP contribution in [0.15, 0.2) is 12.1 Å². The van der Waals surface area contributed by atoms with E-state index in [1.165, 1.54) is 32.1 Å². The number of nitrogens with one attached hydrogen (secondary N) is 1. The van der Waals surface area contributed by atoms with Crippen LogP contribution in [0, 0.1) is 5.92 Å². The summed E-state index contributed by atoms with van der Waals surface area (Å²) < 4.78 is 0. The maximum absolute atomic E-state index is 12.2. The van der Waals surface area contributed by atoms with Gasteiger partial charge >= 0.3 is 0 Å². The van der Waals surface area contributed by atoms with E-state index in [9.17, 15) is 4.79 Å². The second-order valence-corrected chi connectivity index (χ2v) is 6.02. The lowest BCUT2D eigenvalue weighted by atomic mass is 9.89. The number of aromatic nitrogens is 1. The van der Waals surface area contributed by atoms with Crippen LogP contribution < -0.4 is 5.32 Å². The van der Waals surface area contributed by atoms with Crippen molar-refractivity contribution < 1.29 is 4.79 Å². The molecule has 0 aromatic carbocycles. The van der Waals surface area contributed by atoms with Crippen molar-refractivity contribution in [3.05, 3.63) is 28.5 Å². The summed E-state index contributed by atoms with van der Waals surface area (Å²) in [4.78, 5) is 16.4. The first-order chi connectivity index (χ1) is 9.69. The van der Waals surface area contributed by atoms with Crippen molar-refractivity contribution in [1.29, 1.82) is 0 Å². The van der Waals surface area contributed by atoms with E-state index in [1.807, 2.05) is 6.07 Å². The molecule has 0 saturated heterocycles. The predicted octanol–water partition coefficient (Wildman–Crippen LogP) is 4.00. The van der Waals surface area contributed by atoms with Gasteiger partial charge in [-0.3, -0.25) is 4.79 Å². The second-order valence-electron chi connectivity index (χ2n) is 5.63. The molecule has 0 unspecified atom stereocenters. The third-order valence-corrected chi connectivity index (χ3v) is 4.09. The summed E-state index contributed by atoms with van der Waals surface area (Å²) >= 11 is 5.99. The zero-order valence-electron chi connectivity index (χ0n) is 12.1. The van der Waals surface area contributed by atoms with Gasteiger partial charge in [0, 0.05) is 17.8 Å². The lowest BCUT2D eigenvalue weighted by Crippen LogP contribution is -2.30. The predicted molar refractivity (Wildman–Crippen MR) is 82.2 cm³/mol. The van der Waals surface area contributed by atoms with Gasteiger partial charge in [-0.05, 0) is 37.3 Å². The van der Waals surface area contributed by atoms with E-state index in [0.717, 1.165) is 25.1 Å². The number of amides is 1. The van der Waals surface area contributed by atoms with Crippen molar-refractivity contribution in [2.75, 3.05) is 6.54 Å². The Labute approximate surface area is 126 Å². The molecule has 0 atom stereocenters. The Morgan fingerprint density at radius 2 is 2.10 bits per heavy atom. The number of nitrogens with zero attached hydrogens (tertiary/aromatic N) is 1. The molecule has 1 aliphatic carbocycles. The number of halogens is 1. The topological polar surface area (TPSA) is 42.0 Å². The van der Waals surface area contributed by atoms with Crippen LogP contribution in [-0.4, -0.2) is 17.4 Å². The summed E-state index contributed by atoms with van der Waals surface area (Å²) in [6.07, 6.45) is 8.24. The SMILES string of the molecule is CCCc1cc(C(=O)NCC2CCCCC2)cc(Cl)n1. The number of rotatable bonds is 5. The number of hydrogen-bond acceptors (Lipinski definition) is 2. The standard InChI is InChI=1S/C16H23ClN2O/c1-2-6-14-9-13(10-15(17)19-14)16(20)18-11-12-7-4-3-5-8-12/h9-10,12H,2-8,11H2,1H3,(H,18,20). The third-order valence-electron chi connectivity index (χ3n) is 3.89. The van der Waals surface area contributed by atoms with E-state index in [4.69, 9.17) is 11.6 Å². The molecule has 4 heteroatoms. The molecule has 1 aromatic rings. The summed E-state index contributed by atoms with van der Waals surface area (Å²) in [6.45, 7) is 2.87. The Balaban J connectivity index is 1.93. The van der Waals surface area contributed by atoms with Gasteiger partial charge in [0.05, 0.1) is 0 Å². The normalized spacial score (nSPS) is 16.1. The van der Waals surface area contributed by atoms with Crippen molar-refractivity contribution in [2.24, 2.45) is 5.92 Å². The Morgan fingerprint density at radius 3 is 2.80 bits per heavy atom. The van der Waals surface area contributed by atoms with Crippen molar-refractivity contribution in [3.63, 3.8) is 0 Å². The number of aryl methyl sites for hydroxylation is 1. The van der Waals surface area contributed by atoms with Crippen LogP contribution in [0.25, 0.3) is 0 Å². The molecule has 0 spiro atoms. The zero-order valence-corrected chi connectivity index (χ0v) is 12.9. The first-order valence-electron chi connectivity index (χ1n) is 7.63. The first-order valence-corrected chi connectivity index (χ1v) is 8.01. The molecule has 110 valence electrons. The molecule has 0 radical (unpaired) electrons. The maximum Gasteiger partial charge on any atom is 0.251 e. The molecule has 0 bridgehead atoms. The highest BCUT2D eigenvalue weighted by atomic mass is 35.5. The zero-order chi connectivity index (χ0) is 14.4. The molecule has 1 fully saturated rings. The number of pyridine rings is 1. The molecule has 3 nitrogen and oxygen atoms in total. The van der Waals surface area contributed by atoms with Crippen molar-refractivity contribution in [3.8, 4) is 0 Å². The molecule has 1 N–H and O–H groups in total. The number of carbonyl (C=O) groups is 1. The van der Waals surface area contributed by atoms with Crippen LogP contribution in [0.5, 0.6) is 0 Å². The minimum atomic E-state index is -0.0303. The Bertz CT molecular complexity index is 456. The molecular weight excluding hydrogens is 272 g/mol. The molecule has 2 rings (SSSR count). The Morgan fingerprint density at radius 1 is 1.35 bits per heavy atom. The minimum Gasteiger partial charge on any atom is -0.352 e. The van der Waals surface area contributed by atoms with Gasteiger partial charge in [0.15, 0.2) is 0 Å². The number of hydrogen-bond donors (Lipinski definition) is 1. The lowest BCUT2D eigenvalue weighted by molar-refractivity contribution is 0.0943. The lowest BCUT2D eigenvalue weighted by Gasteiger charge is -2.21. The van der Waals surface area contributed by atoms with Gasteiger partial charge < -0.3 is 5.32 Å². The molecule has 1 heterocycles. The van der Waals surface area contributed by atoms with E-state index in [0.29, 0.717) is 16.6 Å². The van der Waals surface area contributed by atoms with E-state index >= 15 is 0 Å². The summed E-state index contributed by atoms with van der Waals surface area (Å²) in [7, 11) is 0. The fourth-order valence-corrected chi connectivity index (χ4v) is 3.02. The molecule has 0 aliphatic heterocycles. The molecule has 1 aromatic heterocycles. The van der Waals surface area contributed by atoms with Gasteiger partial charge in [0.25, 0.3) is 5.91 Å². The smallest absolute Gasteiger partial charge is 0.251 e. The van der Waals surface area contributed by atoms with Gasteiger partial charge in [-0.2, -0.15) is 0 Å². The van der Waals surface area contributed by atoms with Gasteiger partial charge in [-0.1, -0.05) is 44.2 Å². The van der Waals surface area contributed by atoms with Gasteiger partial charge in [0.2, 0.25) is 0 Å². The highest BCUT2D eigenvalue weighted by molar-refractivity contribution is 6.29. The fraction of sp³-hybridized carbons (Fsp3) is 0.625. The van der Waals surface area contributed by atoms with Crippen molar-refractivity contribution in [1.82, 2.24) is 10.3 Å². The van der Waals surface area contributed by atoms with E-state index in [-0.39, 0.29) is 5.91 Å². The monoisotopic (exact) mass is 294 g/mol. The summed E-state index contributed by atoms with van der Waals surface area (Å²) in [6, 6.07) is 3.50. The molecular formula is C16H23ClN2O. The number of carbonyl (C=O) groups excluding carboxylic acids is 1. The quantitative estimate of drug-likeness (QED) is 0.834. The van der Waals surface area contributed by atoms with Crippen LogP contribution in [0.4, 0.5) is 0 Å². The largest absolute Gasteiger partial charge is 0.352 e. The average Bonchev–Trinajstić information content (AvgIpc) is 2.45. The summed E-state index contributed by atoms with van der Waals surface area (Å²) in [5, 5.41) is 3.44. The van der Waals surface area contributed by atoms with Crippen LogP contribution >= 0.6 is 11.6 Å². The molecule has 1 aliphatic rings. The highest BCUT2D eigenvalue weighted by Gasteiger charge is 2.15. The van der Waals surface area contributed by atoms with Gasteiger partial charge in [0.1, 0.15) is 5.15 Å². The van der Waals surface area contributed by atoms with Gasteiger partial charge in [-0.25, -0.2) is 4.98 Å². The van der Waals surface area contributed by atoms with Crippen LogP contribution in [0.1, 0.15) is 61.5 Å². The average molecular weight is 295 g/mol. The summed E-state index contributed by atoms with van der Waals surface area (Å²) in [5.41, 5.74) is 1.52. The maximum atomic E-state index is 12.2. The van der Waals surface area contributed by atoms with E-state index in [1.54, 1.807) is 6.07 Å². The van der Waals surface area contributed by atoms with Gasteiger partial charge in [-0.15, -0.1) is 0 Å². The second kappa shape index (κ2) is 7.63. The third kappa shape index (κ3) is 4.48. The fourth-order valence-electron chi connectivity index (χ4n) is 2.80. The summed E-state index contributed by atoms with van der Waals surface area (Å²) in [5.74, 6) is 0.609. The van der Waals surface area contributed by atoms with Crippen LogP contribution in [-0.2, 0) is 6.42 Å². The Hall–Kier alpha value is -1.09. The highest BCUT2D eigenvalue weighted by Crippen LogP contribution is 2.23. The Kier molecular flexibility index (Phi) is 5.84. The molecule has 1 amide bonds. The van der Waals surface area contributed by atoms with E-state index in [2.05, 4.69) is 17.2 Å². The first kappa shape index (κ1) is 15.3. The molecule has 1 saturated carbocycles. The van der Waals surface area contributed by atoms with E-state index < -0.39 is 0 Å². The minimum absolute atomic E-state index is 0.0303. The van der Waals surface area contributed by atoms with Crippen LogP contribution in [0.2, 0.25) is 5.15 Å². The molecule has 20 heavy (non-hydrogen) atoms. The van der Waals surface area contributed by atoms with Crippen LogP contribution in [0.3, 0.4) is 0 Å². The van der Waals surface area contributed by atoms with Crippen molar-refractivity contribution in [2.45, 2.75) is 51.9 Å². The van der Waals surface area contributed by atoms with Crippen molar-refractivity contribution >= 4 is 17.5 Å².